The van der Waals surface area contributed by atoms with E-state index in [9.17, 15) is 9.90 Å². The Labute approximate surface area is 83.1 Å². The molecular weight excluding hydrogens is 178 g/mol. The lowest BCUT2D eigenvalue weighted by molar-refractivity contribution is -0.126. The Morgan fingerprint density at radius 1 is 1.43 bits per heavy atom. The molecule has 74 valence electrons. The number of hydrogen-bond acceptors (Lipinski definition) is 2. The number of nitrogens with one attached hydrogen (secondary N) is 1. The van der Waals surface area contributed by atoms with Crippen LogP contribution in [0.4, 0.5) is 0 Å². The topological polar surface area (TPSA) is 49.3 Å². The lowest BCUT2D eigenvalue weighted by atomic mass is 10.2. The van der Waals surface area contributed by atoms with E-state index in [-0.39, 0.29) is 0 Å². The smallest absolute Gasteiger partial charge is 0.252 e. The fourth-order valence-electron chi connectivity index (χ4n) is 1.00. The van der Waals surface area contributed by atoms with E-state index in [1.807, 2.05) is 30.3 Å². The van der Waals surface area contributed by atoms with E-state index in [0.717, 1.165) is 5.56 Å². The van der Waals surface area contributed by atoms with E-state index in [2.05, 4.69) is 5.32 Å². The summed E-state index contributed by atoms with van der Waals surface area (Å²) in [5.74, 6) is -0.405. The molecule has 0 fully saturated rings. The van der Waals surface area contributed by atoms with Crippen LogP contribution in [0.2, 0.25) is 0 Å². The molecular formula is C11H13NO2. The maximum Gasteiger partial charge on any atom is 0.252 e. The molecule has 3 nitrogen and oxygen atoms in total. The van der Waals surface area contributed by atoms with Crippen LogP contribution >= 0.6 is 0 Å². The zero-order valence-electron chi connectivity index (χ0n) is 7.97. The first-order chi connectivity index (χ1) is 6.74. The minimum absolute atomic E-state index is 0.405. The van der Waals surface area contributed by atoms with Gasteiger partial charge in [0, 0.05) is 7.05 Å². The second-order valence-corrected chi connectivity index (χ2v) is 2.83. The standard InChI is InChI=1S/C11H13NO2/c1-12-11(14)10(13)8-7-9-5-3-2-4-6-9/h2-8,10,13H,1H3,(H,12,14)/b8-7+/t10-/m0/s1. The van der Waals surface area contributed by atoms with Gasteiger partial charge in [-0.25, -0.2) is 0 Å². The van der Waals surface area contributed by atoms with Crippen LogP contribution < -0.4 is 5.32 Å². The van der Waals surface area contributed by atoms with Gasteiger partial charge in [0.05, 0.1) is 0 Å². The van der Waals surface area contributed by atoms with Crippen LogP contribution in [0.15, 0.2) is 36.4 Å². The minimum Gasteiger partial charge on any atom is -0.379 e. The van der Waals surface area contributed by atoms with E-state index >= 15 is 0 Å². The van der Waals surface area contributed by atoms with Crippen molar-refractivity contribution in [2.75, 3.05) is 7.05 Å². The Kier molecular flexibility index (Phi) is 3.88. The largest absolute Gasteiger partial charge is 0.379 e. The van der Waals surface area contributed by atoms with Gasteiger partial charge in [-0.2, -0.15) is 0 Å². The molecule has 0 aliphatic carbocycles. The van der Waals surface area contributed by atoms with Crippen LogP contribution in [0.5, 0.6) is 0 Å². The third-order valence-electron chi connectivity index (χ3n) is 1.79. The van der Waals surface area contributed by atoms with Crippen LogP contribution in [0.25, 0.3) is 6.08 Å². The molecule has 0 aliphatic heterocycles. The quantitative estimate of drug-likeness (QED) is 0.742. The molecule has 2 N–H and O–H groups in total. The number of aliphatic hydroxyl groups excluding tert-OH is 1. The second-order valence-electron chi connectivity index (χ2n) is 2.83. The van der Waals surface area contributed by atoms with E-state index in [0.29, 0.717) is 0 Å². The van der Waals surface area contributed by atoms with Crippen molar-refractivity contribution in [3.63, 3.8) is 0 Å². The van der Waals surface area contributed by atoms with Crippen molar-refractivity contribution in [1.82, 2.24) is 5.32 Å². The Bertz CT molecular complexity index is 319. The molecule has 1 aromatic carbocycles. The Morgan fingerprint density at radius 2 is 2.07 bits per heavy atom. The van der Waals surface area contributed by atoms with Gasteiger partial charge in [-0.1, -0.05) is 36.4 Å². The van der Waals surface area contributed by atoms with Crippen LogP contribution in [0.1, 0.15) is 5.56 Å². The molecule has 0 radical (unpaired) electrons. The summed E-state index contributed by atoms with van der Waals surface area (Å²) in [5.41, 5.74) is 0.954. The molecule has 0 aliphatic rings. The van der Waals surface area contributed by atoms with Gasteiger partial charge < -0.3 is 10.4 Å². The second kappa shape index (κ2) is 5.19. The number of rotatable bonds is 3. The fourth-order valence-corrected chi connectivity index (χ4v) is 1.00. The molecule has 1 amide bonds. The fraction of sp³-hybridized carbons (Fsp3) is 0.182. The van der Waals surface area contributed by atoms with Gasteiger partial charge in [0.25, 0.3) is 5.91 Å². The van der Waals surface area contributed by atoms with Crippen molar-refractivity contribution in [1.29, 1.82) is 0 Å². The van der Waals surface area contributed by atoms with Crippen molar-refractivity contribution in [2.45, 2.75) is 6.10 Å². The van der Waals surface area contributed by atoms with Gasteiger partial charge in [0.1, 0.15) is 0 Å². The summed E-state index contributed by atoms with van der Waals surface area (Å²) in [6.07, 6.45) is 2.08. The van der Waals surface area contributed by atoms with Crippen molar-refractivity contribution >= 4 is 12.0 Å². The first kappa shape index (κ1) is 10.5. The van der Waals surface area contributed by atoms with Gasteiger partial charge in [-0.3, -0.25) is 4.79 Å². The zero-order valence-corrected chi connectivity index (χ0v) is 7.97. The van der Waals surface area contributed by atoms with Gasteiger partial charge >= 0.3 is 0 Å². The SMILES string of the molecule is CNC(=O)[C@@H](O)/C=C/c1ccccc1. The molecule has 0 bridgehead atoms. The highest BCUT2D eigenvalue weighted by molar-refractivity contribution is 5.83. The van der Waals surface area contributed by atoms with Crippen molar-refractivity contribution in [3.8, 4) is 0 Å². The normalized spacial score (nSPS) is 12.7. The molecule has 1 aromatic rings. The zero-order chi connectivity index (χ0) is 10.4. The van der Waals surface area contributed by atoms with Crippen molar-refractivity contribution < 1.29 is 9.90 Å². The molecule has 1 atom stereocenters. The molecule has 0 unspecified atom stereocenters. The maximum atomic E-state index is 10.9. The molecule has 0 spiro atoms. The third kappa shape index (κ3) is 3.03. The van der Waals surface area contributed by atoms with Gasteiger partial charge in [-0.15, -0.1) is 0 Å². The maximum absolute atomic E-state index is 10.9. The summed E-state index contributed by atoms with van der Waals surface area (Å²) in [5, 5.41) is 11.6. The highest BCUT2D eigenvalue weighted by atomic mass is 16.3. The number of aliphatic hydroxyl groups is 1. The number of hydrogen-bond donors (Lipinski definition) is 2. The highest BCUT2D eigenvalue weighted by Gasteiger charge is 2.07. The summed E-state index contributed by atoms with van der Waals surface area (Å²) in [4.78, 5) is 10.9. The molecule has 1 rings (SSSR count). The minimum atomic E-state index is -1.08. The van der Waals surface area contributed by atoms with E-state index < -0.39 is 12.0 Å². The van der Waals surface area contributed by atoms with Crippen LogP contribution in [-0.4, -0.2) is 24.2 Å². The summed E-state index contributed by atoms with van der Waals surface area (Å²) in [6.45, 7) is 0. The monoisotopic (exact) mass is 191 g/mol. The molecule has 0 saturated heterocycles. The number of carbonyl (C=O) groups is 1. The predicted molar refractivity (Wildman–Crippen MR) is 55.5 cm³/mol. The summed E-state index contributed by atoms with van der Waals surface area (Å²) < 4.78 is 0. The van der Waals surface area contributed by atoms with Crippen molar-refractivity contribution in [3.05, 3.63) is 42.0 Å². The van der Waals surface area contributed by atoms with E-state index in [1.165, 1.54) is 13.1 Å². The average molecular weight is 191 g/mol. The summed E-state index contributed by atoms with van der Waals surface area (Å²) >= 11 is 0. The first-order valence-electron chi connectivity index (χ1n) is 4.37. The lowest BCUT2D eigenvalue weighted by Gasteiger charge is -2.02. The summed E-state index contributed by atoms with van der Waals surface area (Å²) in [6, 6.07) is 9.49. The number of carbonyl (C=O) groups excluding carboxylic acids is 1. The third-order valence-corrected chi connectivity index (χ3v) is 1.79. The summed E-state index contributed by atoms with van der Waals surface area (Å²) in [7, 11) is 1.49. The molecule has 0 aromatic heterocycles. The van der Waals surface area contributed by atoms with Gasteiger partial charge in [0.15, 0.2) is 6.10 Å². The van der Waals surface area contributed by atoms with Gasteiger partial charge in [-0.05, 0) is 11.6 Å². The Hall–Kier alpha value is -1.61. The van der Waals surface area contributed by atoms with E-state index in [4.69, 9.17) is 0 Å². The van der Waals surface area contributed by atoms with Gasteiger partial charge in [0.2, 0.25) is 0 Å². The number of benzene rings is 1. The molecule has 14 heavy (non-hydrogen) atoms. The highest BCUT2D eigenvalue weighted by Crippen LogP contribution is 2.01. The number of amides is 1. The Balaban J connectivity index is 2.60. The molecule has 3 heteroatoms. The molecule has 0 saturated carbocycles. The predicted octanol–water partition coefficient (Wildman–Crippen LogP) is 0.807. The average Bonchev–Trinajstić information content (AvgIpc) is 2.26. The van der Waals surface area contributed by atoms with Crippen LogP contribution in [0.3, 0.4) is 0 Å². The lowest BCUT2D eigenvalue weighted by Crippen LogP contribution is -2.29. The first-order valence-corrected chi connectivity index (χ1v) is 4.37. The Morgan fingerprint density at radius 3 is 2.64 bits per heavy atom. The number of likely N-dealkylation sites (N-methyl/N-ethyl adjacent to an activating group) is 1. The van der Waals surface area contributed by atoms with E-state index in [1.54, 1.807) is 6.08 Å². The van der Waals surface area contributed by atoms with Crippen LogP contribution in [-0.2, 0) is 4.79 Å². The van der Waals surface area contributed by atoms with Crippen molar-refractivity contribution in [2.24, 2.45) is 0 Å². The van der Waals surface area contributed by atoms with Crippen LogP contribution in [0, 0.1) is 0 Å². The molecule has 0 heterocycles.